The molecule has 0 aliphatic carbocycles. The van der Waals surface area contributed by atoms with E-state index in [0.29, 0.717) is 12.5 Å². The van der Waals surface area contributed by atoms with Crippen LogP contribution in [-0.4, -0.2) is 29.8 Å². The fraction of sp³-hybridized carbons (Fsp3) is 1.00. The van der Waals surface area contributed by atoms with Crippen molar-refractivity contribution < 1.29 is 4.39 Å². The summed E-state index contributed by atoms with van der Waals surface area (Å²) in [4.78, 5) is 2.03. The van der Waals surface area contributed by atoms with Crippen LogP contribution < -0.4 is 5.73 Å². The van der Waals surface area contributed by atoms with Gasteiger partial charge < -0.3 is 5.73 Å². The lowest BCUT2D eigenvalue weighted by Crippen LogP contribution is -2.55. The normalized spacial score (nSPS) is 37.5. The van der Waals surface area contributed by atoms with E-state index in [1.165, 1.54) is 0 Å². The second-order valence-electron chi connectivity index (χ2n) is 5.13. The van der Waals surface area contributed by atoms with Crippen LogP contribution in [0.15, 0.2) is 0 Å². The summed E-state index contributed by atoms with van der Waals surface area (Å²) in [6.07, 6.45) is 0.893. The van der Waals surface area contributed by atoms with Crippen LogP contribution in [-0.2, 0) is 0 Å². The van der Waals surface area contributed by atoms with Crippen molar-refractivity contribution in [2.75, 3.05) is 13.1 Å². The zero-order chi connectivity index (χ0) is 10.9. The van der Waals surface area contributed by atoms with Crippen molar-refractivity contribution in [2.24, 2.45) is 17.6 Å². The minimum atomic E-state index is -1.08. The van der Waals surface area contributed by atoms with E-state index < -0.39 is 5.67 Å². The molecule has 1 aliphatic rings. The van der Waals surface area contributed by atoms with E-state index >= 15 is 0 Å². The van der Waals surface area contributed by atoms with Crippen LogP contribution in [0.5, 0.6) is 0 Å². The van der Waals surface area contributed by atoms with E-state index in [1.807, 2.05) is 11.8 Å². The minimum Gasteiger partial charge on any atom is -0.316 e. The Balaban J connectivity index is 2.65. The average Bonchev–Trinajstić information content (AvgIpc) is 2.01. The molecule has 0 aromatic rings. The van der Waals surface area contributed by atoms with E-state index in [-0.39, 0.29) is 12.1 Å². The molecule has 0 bridgehead atoms. The molecule has 1 heterocycles. The molecule has 1 rings (SSSR count). The summed E-state index contributed by atoms with van der Waals surface area (Å²) in [5, 5.41) is 0. The quantitative estimate of drug-likeness (QED) is 0.742. The third kappa shape index (κ3) is 2.45. The van der Waals surface area contributed by atoms with Gasteiger partial charge in [-0.25, -0.2) is 4.39 Å². The summed E-state index contributed by atoms with van der Waals surface area (Å²) in [5.41, 5.74) is 4.69. The fourth-order valence-electron chi connectivity index (χ4n) is 2.58. The Kier molecular flexibility index (Phi) is 3.53. The molecule has 1 fully saturated rings. The van der Waals surface area contributed by atoms with Gasteiger partial charge in [-0.3, -0.25) is 4.90 Å². The SMILES string of the molecule is CC(C)C1CCN(C(C)N)C[C@]1(C)F. The summed E-state index contributed by atoms with van der Waals surface area (Å²) >= 11 is 0. The Hall–Kier alpha value is -0.150. The largest absolute Gasteiger partial charge is 0.316 e. The number of nitrogens with two attached hydrogens (primary N) is 1. The highest BCUT2D eigenvalue weighted by Gasteiger charge is 2.41. The van der Waals surface area contributed by atoms with E-state index in [0.717, 1.165) is 13.0 Å². The van der Waals surface area contributed by atoms with Crippen molar-refractivity contribution in [3.63, 3.8) is 0 Å². The lowest BCUT2D eigenvalue weighted by atomic mass is 9.77. The van der Waals surface area contributed by atoms with Gasteiger partial charge in [-0.15, -0.1) is 0 Å². The highest BCUT2D eigenvalue weighted by molar-refractivity contribution is 4.92. The van der Waals surface area contributed by atoms with E-state index in [1.54, 1.807) is 6.92 Å². The first-order valence-electron chi connectivity index (χ1n) is 5.53. The molecule has 0 aromatic carbocycles. The molecular weight excluding hydrogens is 179 g/mol. The second kappa shape index (κ2) is 4.15. The van der Waals surface area contributed by atoms with Gasteiger partial charge in [0, 0.05) is 13.1 Å². The number of halogens is 1. The smallest absolute Gasteiger partial charge is 0.124 e. The zero-order valence-electron chi connectivity index (χ0n) is 9.76. The third-order valence-electron chi connectivity index (χ3n) is 3.39. The van der Waals surface area contributed by atoms with Gasteiger partial charge in [0.15, 0.2) is 0 Å². The lowest BCUT2D eigenvalue weighted by Gasteiger charge is -2.44. The third-order valence-corrected chi connectivity index (χ3v) is 3.39. The topological polar surface area (TPSA) is 29.3 Å². The Morgan fingerprint density at radius 2 is 2.00 bits per heavy atom. The van der Waals surface area contributed by atoms with E-state index in [4.69, 9.17) is 5.73 Å². The number of hydrogen-bond acceptors (Lipinski definition) is 2. The highest BCUT2D eigenvalue weighted by atomic mass is 19.1. The van der Waals surface area contributed by atoms with Crippen molar-refractivity contribution in [3.8, 4) is 0 Å². The van der Waals surface area contributed by atoms with Crippen LogP contribution in [0.2, 0.25) is 0 Å². The van der Waals surface area contributed by atoms with Gasteiger partial charge in [-0.1, -0.05) is 13.8 Å². The molecule has 1 saturated heterocycles. The van der Waals surface area contributed by atoms with Crippen molar-refractivity contribution in [2.45, 2.75) is 46.0 Å². The van der Waals surface area contributed by atoms with Gasteiger partial charge in [0.1, 0.15) is 5.67 Å². The number of hydrogen-bond donors (Lipinski definition) is 1. The summed E-state index contributed by atoms with van der Waals surface area (Å²) in [6, 6.07) is 0. The van der Waals surface area contributed by atoms with Crippen molar-refractivity contribution in [3.05, 3.63) is 0 Å². The molecule has 0 saturated carbocycles. The van der Waals surface area contributed by atoms with Gasteiger partial charge in [-0.2, -0.15) is 0 Å². The highest BCUT2D eigenvalue weighted by Crippen LogP contribution is 2.36. The molecule has 0 aromatic heterocycles. The number of alkyl halides is 1. The van der Waals surface area contributed by atoms with Crippen molar-refractivity contribution >= 4 is 0 Å². The molecule has 1 aliphatic heterocycles. The van der Waals surface area contributed by atoms with E-state index in [2.05, 4.69) is 13.8 Å². The minimum absolute atomic E-state index is 0.0295. The van der Waals surface area contributed by atoms with Gasteiger partial charge in [0.2, 0.25) is 0 Å². The van der Waals surface area contributed by atoms with Gasteiger partial charge in [-0.05, 0) is 32.1 Å². The van der Waals surface area contributed by atoms with Crippen LogP contribution in [0.25, 0.3) is 0 Å². The molecular formula is C11H23FN2. The van der Waals surface area contributed by atoms with Crippen LogP contribution in [0.1, 0.15) is 34.1 Å². The molecule has 0 spiro atoms. The van der Waals surface area contributed by atoms with E-state index in [9.17, 15) is 4.39 Å². The molecule has 2 N–H and O–H groups in total. The molecule has 2 nitrogen and oxygen atoms in total. The molecule has 14 heavy (non-hydrogen) atoms. The summed E-state index contributed by atoms with van der Waals surface area (Å²) in [7, 11) is 0. The maximum atomic E-state index is 14.3. The van der Waals surface area contributed by atoms with Gasteiger partial charge in [0.25, 0.3) is 0 Å². The maximum absolute atomic E-state index is 14.3. The summed E-state index contributed by atoms with van der Waals surface area (Å²) < 4.78 is 14.3. The molecule has 0 radical (unpaired) electrons. The first-order valence-corrected chi connectivity index (χ1v) is 5.53. The number of rotatable bonds is 2. The first kappa shape index (κ1) is 11.9. The Labute approximate surface area is 86.6 Å². The second-order valence-corrected chi connectivity index (χ2v) is 5.13. The lowest BCUT2D eigenvalue weighted by molar-refractivity contribution is -0.0274. The monoisotopic (exact) mass is 202 g/mol. The number of piperidine rings is 1. The number of nitrogens with zero attached hydrogens (tertiary/aromatic N) is 1. The molecule has 3 heteroatoms. The Morgan fingerprint density at radius 3 is 2.36 bits per heavy atom. The summed E-state index contributed by atoms with van der Waals surface area (Å²) in [6.45, 7) is 9.25. The summed E-state index contributed by atoms with van der Waals surface area (Å²) in [5.74, 6) is 0.595. The van der Waals surface area contributed by atoms with Crippen LogP contribution in [0.3, 0.4) is 0 Å². The Morgan fingerprint density at radius 1 is 1.43 bits per heavy atom. The molecule has 84 valence electrons. The predicted octanol–water partition coefficient (Wildman–Crippen LogP) is 2.00. The van der Waals surface area contributed by atoms with Crippen LogP contribution >= 0.6 is 0 Å². The maximum Gasteiger partial charge on any atom is 0.124 e. The zero-order valence-corrected chi connectivity index (χ0v) is 9.76. The molecule has 2 unspecified atom stereocenters. The van der Waals surface area contributed by atoms with Crippen molar-refractivity contribution in [1.82, 2.24) is 4.90 Å². The first-order chi connectivity index (χ1) is 6.34. The van der Waals surface area contributed by atoms with Gasteiger partial charge in [0.05, 0.1) is 6.17 Å². The standard InChI is InChI=1S/C11H23FN2/c1-8(2)10-5-6-14(9(3)13)7-11(10,4)12/h8-10H,5-7,13H2,1-4H3/t9?,10?,11-/m0/s1. The van der Waals surface area contributed by atoms with Crippen LogP contribution in [0, 0.1) is 11.8 Å². The average molecular weight is 202 g/mol. The predicted molar refractivity (Wildman–Crippen MR) is 57.7 cm³/mol. The van der Waals surface area contributed by atoms with Crippen molar-refractivity contribution in [1.29, 1.82) is 0 Å². The fourth-order valence-corrected chi connectivity index (χ4v) is 2.58. The number of likely N-dealkylation sites (tertiary alicyclic amines) is 1. The molecule has 3 atom stereocenters. The van der Waals surface area contributed by atoms with Crippen LogP contribution in [0.4, 0.5) is 4.39 Å². The molecule has 0 amide bonds. The Bertz CT molecular complexity index is 190. The van der Waals surface area contributed by atoms with Gasteiger partial charge >= 0.3 is 0 Å².